The maximum absolute atomic E-state index is 6.23. The second-order valence-corrected chi connectivity index (χ2v) is 5.15. The molecule has 0 aliphatic heterocycles. The number of fused-ring (bicyclic) bond motifs is 1. The highest BCUT2D eigenvalue weighted by molar-refractivity contribution is 6.32. The Kier molecular flexibility index (Phi) is 4.72. The largest absolute Gasteiger partial charge is 0.495 e. The van der Waals surface area contributed by atoms with Crippen LogP contribution < -0.4 is 10.5 Å². The number of aryl methyl sites for hydroxylation is 2. The third kappa shape index (κ3) is 2.88. The van der Waals surface area contributed by atoms with Crippen molar-refractivity contribution < 1.29 is 4.74 Å². The van der Waals surface area contributed by atoms with Crippen LogP contribution in [0.1, 0.15) is 25.3 Å². The smallest absolute Gasteiger partial charge is 0.138 e. The predicted molar refractivity (Wildman–Crippen MR) is 81.2 cm³/mol. The van der Waals surface area contributed by atoms with Crippen LogP contribution in [0.3, 0.4) is 0 Å². The van der Waals surface area contributed by atoms with E-state index in [0.29, 0.717) is 11.6 Å². The van der Waals surface area contributed by atoms with E-state index in [-0.39, 0.29) is 0 Å². The molecule has 0 aliphatic rings. The van der Waals surface area contributed by atoms with Gasteiger partial charge in [-0.05, 0) is 37.1 Å². The first-order valence-electron chi connectivity index (χ1n) is 6.76. The van der Waals surface area contributed by atoms with Crippen LogP contribution in [0.2, 0.25) is 5.02 Å². The molecule has 104 valence electrons. The predicted octanol–water partition coefficient (Wildman–Crippen LogP) is 3.60. The topological polar surface area (TPSA) is 40.2 Å². The van der Waals surface area contributed by atoms with Gasteiger partial charge in [-0.1, -0.05) is 24.9 Å². The summed E-state index contributed by atoms with van der Waals surface area (Å²) in [6.45, 7) is 3.82. The van der Waals surface area contributed by atoms with Crippen molar-refractivity contribution >= 4 is 22.5 Å². The molecular formula is C15H21ClN2O. The zero-order chi connectivity index (χ0) is 13.8. The number of benzene rings is 1. The molecule has 4 heteroatoms. The van der Waals surface area contributed by atoms with E-state index in [2.05, 4.69) is 17.7 Å². The lowest BCUT2D eigenvalue weighted by atomic mass is 10.1. The third-order valence-corrected chi connectivity index (χ3v) is 3.66. The van der Waals surface area contributed by atoms with Gasteiger partial charge >= 0.3 is 0 Å². The summed E-state index contributed by atoms with van der Waals surface area (Å²) < 4.78 is 7.56. The fourth-order valence-electron chi connectivity index (χ4n) is 2.44. The number of hydrogen-bond acceptors (Lipinski definition) is 2. The minimum atomic E-state index is 0.658. The lowest BCUT2D eigenvalue weighted by Gasteiger charge is -2.07. The van der Waals surface area contributed by atoms with E-state index in [1.54, 1.807) is 7.11 Å². The number of nitrogens with zero attached hydrogens (tertiary/aromatic N) is 1. The van der Waals surface area contributed by atoms with Gasteiger partial charge in [0.2, 0.25) is 0 Å². The van der Waals surface area contributed by atoms with E-state index in [4.69, 9.17) is 22.1 Å². The summed E-state index contributed by atoms with van der Waals surface area (Å²) >= 11 is 6.23. The van der Waals surface area contributed by atoms with E-state index in [0.717, 1.165) is 31.6 Å². The van der Waals surface area contributed by atoms with Crippen LogP contribution in [0.25, 0.3) is 10.9 Å². The van der Waals surface area contributed by atoms with E-state index < -0.39 is 0 Å². The van der Waals surface area contributed by atoms with Crippen LogP contribution in [-0.4, -0.2) is 18.2 Å². The minimum Gasteiger partial charge on any atom is -0.495 e. The Hall–Kier alpha value is -1.19. The Bertz CT molecular complexity index is 563. The van der Waals surface area contributed by atoms with E-state index in [1.165, 1.54) is 16.5 Å². The number of halogens is 1. The number of rotatable bonds is 6. The monoisotopic (exact) mass is 280 g/mol. The number of hydrogen-bond donors (Lipinski definition) is 1. The first-order valence-corrected chi connectivity index (χ1v) is 7.14. The standard InChI is InChI=1S/C15H21ClN2O/c1-3-5-11-10-18(7-4-6-17)14-9-13(16)15(19-2)8-12(11)14/h8-10H,3-7,17H2,1-2H3. The van der Waals surface area contributed by atoms with Crippen molar-refractivity contribution in [3.63, 3.8) is 0 Å². The Labute approximate surface area is 119 Å². The molecular weight excluding hydrogens is 260 g/mol. The van der Waals surface area contributed by atoms with Crippen molar-refractivity contribution in [3.05, 3.63) is 28.9 Å². The molecule has 0 spiro atoms. The van der Waals surface area contributed by atoms with Gasteiger partial charge < -0.3 is 15.0 Å². The molecule has 0 saturated heterocycles. The van der Waals surface area contributed by atoms with Crippen molar-refractivity contribution in [2.45, 2.75) is 32.7 Å². The molecule has 0 saturated carbocycles. The van der Waals surface area contributed by atoms with Crippen LogP contribution in [0.4, 0.5) is 0 Å². The van der Waals surface area contributed by atoms with Gasteiger partial charge in [-0.25, -0.2) is 0 Å². The molecule has 2 N–H and O–H groups in total. The summed E-state index contributed by atoms with van der Waals surface area (Å²) in [5, 5.41) is 1.89. The van der Waals surface area contributed by atoms with Crippen LogP contribution in [0.5, 0.6) is 5.75 Å². The van der Waals surface area contributed by atoms with Gasteiger partial charge in [0, 0.05) is 18.1 Å². The van der Waals surface area contributed by atoms with Gasteiger partial charge in [0.15, 0.2) is 0 Å². The van der Waals surface area contributed by atoms with E-state index in [1.807, 2.05) is 12.1 Å². The fourth-order valence-corrected chi connectivity index (χ4v) is 2.67. The summed E-state index contributed by atoms with van der Waals surface area (Å²) in [6, 6.07) is 4.03. The summed E-state index contributed by atoms with van der Waals surface area (Å²) in [5.74, 6) is 0.739. The molecule has 0 atom stereocenters. The lowest BCUT2D eigenvalue weighted by Crippen LogP contribution is -2.04. The molecule has 2 aromatic rings. The van der Waals surface area contributed by atoms with Crippen LogP contribution in [-0.2, 0) is 13.0 Å². The summed E-state index contributed by atoms with van der Waals surface area (Å²) in [7, 11) is 1.65. The lowest BCUT2D eigenvalue weighted by molar-refractivity contribution is 0.415. The molecule has 0 fully saturated rings. The molecule has 0 aliphatic carbocycles. The minimum absolute atomic E-state index is 0.658. The van der Waals surface area contributed by atoms with Crippen molar-refractivity contribution in [1.29, 1.82) is 0 Å². The Balaban J connectivity index is 2.54. The first-order chi connectivity index (χ1) is 9.21. The first kappa shape index (κ1) is 14.2. The van der Waals surface area contributed by atoms with Crippen LogP contribution in [0.15, 0.2) is 18.3 Å². The van der Waals surface area contributed by atoms with Gasteiger partial charge in [0.1, 0.15) is 5.75 Å². The molecule has 1 aromatic heterocycles. The zero-order valence-electron chi connectivity index (χ0n) is 11.6. The quantitative estimate of drug-likeness (QED) is 0.878. The van der Waals surface area contributed by atoms with Gasteiger partial charge in [-0.2, -0.15) is 0 Å². The van der Waals surface area contributed by atoms with E-state index in [9.17, 15) is 0 Å². The number of methoxy groups -OCH3 is 1. The summed E-state index contributed by atoms with van der Waals surface area (Å²) in [5.41, 5.74) is 8.12. The average molecular weight is 281 g/mol. The third-order valence-electron chi connectivity index (χ3n) is 3.36. The molecule has 0 amide bonds. The van der Waals surface area contributed by atoms with Gasteiger partial charge in [-0.3, -0.25) is 0 Å². The van der Waals surface area contributed by atoms with Crippen molar-refractivity contribution in [2.75, 3.05) is 13.7 Å². The highest BCUT2D eigenvalue weighted by atomic mass is 35.5. The van der Waals surface area contributed by atoms with Crippen LogP contribution >= 0.6 is 11.6 Å². The fraction of sp³-hybridized carbons (Fsp3) is 0.467. The molecule has 3 nitrogen and oxygen atoms in total. The Morgan fingerprint density at radius 1 is 1.37 bits per heavy atom. The normalized spacial score (nSPS) is 11.2. The number of aromatic nitrogens is 1. The van der Waals surface area contributed by atoms with Gasteiger partial charge in [0.05, 0.1) is 17.6 Å². The van der Waals surface area contributed by atoms with Crippen molar-refractivity contribution in [3.8, 4) is 5.75 Å². The number of ether oxygens (including phenoxy) is 1. The highest BCUT2D eigenvalue weighted by Gasteiger charge is 2.12. The summed E-state index contributed by atoms with van der Waals surface area (Å²) in [6.07, 6.45) is 5.39. The Morgan fingerprint density at radius 2 is 2.16 bits per heavy atom. The van der Waals surface area contributed by atoms with Gasteiger partial charge in [0.25, 0.3) is 0 Å². The summed E-state index contributed by atoms with van der Waals surface area (Å²) in [4.78, 5) is 0. The Morgan fingerprint density at radius 3 is 2.79 bits per heavy atom. The SMILES string of the molecule is CCCc1cn(CCCN)c2cc(Cl)c(OC)cc12. The molecule has 19 heavy (non-hydrogen) atoms. The second kappa shape index (κ2) is 6.31. The van der Waals surface area contributed by atoms with Crippen molar-refractivity contribution in [2.24, 2.45) is 5.73 Å². The van der Waals surface area contributed by atoms with Crippen LogP contribution in [0, 0.1) is 0 Å². The zero-order valence-corrected chi connectivity index (χ0v) is 12.3. The van der Waals surface area contributed by atoms with Gasteiger partial charge in [-0.15, -0.1) is 0 Å². The van der Waals surface area contributed by atoms with E-state index >= 15 is 0 Å². The average Bonchev–Trinajstić information content (AvgIpc) is 2.73. The van der Waals surface area contributed by atoms with Crippen molar-refractivity contribution in [1.82, 2.24) is 4.57 Å². The maximum atomic E-state index is 6.23. The highest BCUT2D eigenvalue weighted by Crippen LogP contribution is 2.33. The molecule has 0 unspecified atom stereocenters. The maximum Gasteiger partial charge on any atom is 0.138 e. The molecule has 2 rings (SSSR count). The molecule has 0 bridgehead atoms. The number of nitrogens with two attached hydrogens (primary N) is 1. The molecule has 1 heterocycles. The molecule has 0 radical (unpaired) electrons. The second-order valence-electron chi connectivity index (χ2n) is 4.74. The molecule has 1 aromatic carbocycles.